The Morgan fingerprint density at radius 3 is 2.62 bits per heavy atom. The molecule has 0 spiro atoms. The molecule has 0 aliphatic carbocycles. The Balaban J connectivity index is 2.54. The summed E-state index contributed by atoms with van der Waals surface area (Å²) in [4.78, 5) is 0.229. The van der Waals surface area contributed by atoms with E-state index < -0.39 is 10.0 Å². The van der Waals surface area contributed by atoms with Crippen molar-refractivity contribution in [3.63, 3.8) is 0 Å². The summed E-state index contributed by atoms with van der Waals surface area (Å²) in [6.45, 7) is 6.50. The monoisotopic (exact) mass is 315 g/mol. The third-order valence-corrected chi connectivity index (χ3v) is 4.78. The van der Waals surface area contributed by atoms with Crippen LogP contribution in [0.15, 0.2) is 23.1 Å². The Bertz CT molecular complexity index is 541. The van der Waals surface area contributed by atoms with E-state index in [4.69, 9.17) is 4.74 Å². The number of unbranched alkanes of at least 4 members (excludes halogenated alkanes) is 1. The van der Waals surface area contributed by atoms with Gasteiger partial charge >= 0.3 is 0 Å². The smallest absolute Gasteiger partial charge is 0.240 e. The summed E-state index contributed by atoms with van der Waals surface area (Å²) < 4.78 is 32.5. The van der Waals surface area contributed by atoms with E-state index in [1.165, 1.54) is 0 Å². The number of rotatable bonds is 9. The first-order valence-electron chi connectivity index (χ1n) is 7.19. The van der Waals surface area contributed by atoms with E-state index in [1.807, 2.05) is 13.8 Å². The maximum Gasteiger partial charge on any atom is 0.240 e. The molecule has 0 atom stereocenters. The molecule has 120 valence electrons. The standard InChI is InChI=1S/C15H25NO4S/c1-12(2)20-10-5-4-9-16-21(18,19)15-8-6-7-14(11-17)13(15)3/h6-8,12,16-17H,4-5,9-11H2,1-3H3. The zero-order valence-electron chi connectivity index (χ0n) is 12.9. The van der Waals surface area contributed by atoms with E-state index in [-0.39, 0.29) is 17.6 Å². The highest BCUT2D eigenvalue weighted by Crippen LogP contribution is 2.18. The quantitative estimate of drug-likeness (QED) is 0.683. The van der Waals surface area contributed by atoms with Gasteiger partial charge in [0.25, 0.3) is 0 Å². The Labute approximate surface area is 127 Å². The topological polar surface area (TPSA) is 75.6 Å². The molecule has 0 aliphatic rings. The molecular formula is C15H25NO4S. The van der Waals surface area contributed by atoms with Crippen molar-refractivity contribution in [2.75, 3.05) is 13.2 Å². The molecule has 0 bridgehead atoms. The number of ether oxygens (including phenoxy) is 1. The fourth-order valence-electron chi connectivity index (χ4n) is 1.95. The first-order chi connectivity index (χ1) is 9.88. The predicted molar refractivity (Wildman–Crippen MR) is 82.6 cm³/mol. The van der Waals surface area contributed by atoms with Gasteiger partial charge in [0, 0.05) is 13.2 Å². The van der Waals surface area contributed by atoms with Gasteiger partial charge in [-0.1, -0.05) is 12.1 Å². The van der Waals surface area contributed by atoms with Gasteiger partial charge in [-0.15, -0.1) is 0 Å². The predicted octanol–water partition coefficient (Wildman–Crippen LogP) is 1.97. The van der Waals surface area contributed by atoms with E-state index >= 15 is 0 Å². The number of hydrogen-bond donors (Lipinski definition) is 2. The molecule has 0 fully saturated rings. The largest absolute Gasteiger partial charge is 0.392 e. The maximum atomic E-state index is 12.2. The maximum absolute atomic E-state index is 12.2. The summed E-state index contributed by atoms with van der Waals surface area (Å²) in [5, 5.41) is 9.20. The molecule has 6 heteroatoms. The second-order valence-electron chi connectivity index (χ2n) is 5.22. The van der Waals surface area contributed by atoms with Crippen LogP contribution >= 0.6 is 0 Å². The SMILES string of the molecule is Cc1c(CO)cccc1S(=O)(=O)NCCCCOC(C)C. The number of sulfonamides is 1. The Morgan fingerprint density at radius 2 is 2.00 bits per heavy atom. The van der Waals surface area contributed by atoms with Crippen LogP contribution in [-0.2, 0) is 21.4 Å². The molecule has 0 unspecified atom stereocenters. The first kappa shape index (κ1) is 18.1. The summed E-state index contributed by atoms with van der Waals surface area (Å²) in [5.74, 6) is 0. The lowest BCUT2D eigenvalue weighted by Gasteiger charge is -2.12. The van der Waals surface area contributed by atoms with Gasteiger partial charge in [0.2, 0.25) is 10.0 Å². The molecule has 0 aromatic heterocycles. The second-order valence-corrected chi connectivity index (χ2v) is 6.96. The molecule has 1 rings (SSSR count). The van der Waals surface area contributed by atoms with Gasteiger partial charge in [-0.25, -0.2) is 13.1 Å². The van der Waals surface area contributed by atoms with Crippen LogP contribution in [0.4, 0.5) is 0 Å². The van der Waals surface area contributed by atoms with Crippen molar-refractivity contribution in [3.8, 4) is 0 Å². The molecule has 0 aliphatic heterocycles. The lowest BCUT2D eigenvalue weighted by atomic mass is 10.1. The minimum Gasteiger partial charge on any atom is -0.392 e. The molecule has 0 heterocycles. The second kappa shape index (κ2) is 8.48. The molecule has 0 saturated carbocycles. The molecule has 5 nitrogen and oxygen atoms in total. The molecule has 1 aromatic carbocycles. The average molecular weight is 315 g/mol. The van der Waals surface area contributed by atoms with Crippen LogP contribution in [-0.4, -0.2) is 32.8 Å². The number of aliphatic hydroxyl groups is 1. The lowest BCUT2D eigenvalue weighted by Crippen LogP contribution is -2.26. The third-order valence-electron chi connectivity index (χ3n) is 3.17. The summed E-state index contributed by atoms with van der Waals surface area (Å²) in [6.07, 6.45) is 1.74. The van der Waals surface area contributed by atoms with Crippen LogP contribution in [0.3, 0.4) is 0 Å². The van der Waals surface area contributed by atoms with Crippen molar-refractivity contribution in [3.05, 3.63) is 29.3 Å². The number of hydrogen-bond acceptors (Lipinski definition) is 4. The van der Waals surface area contributed by atoms with E-state index in [0.29, 0.717) is 24.3 Å². The lowest BCUT2D eigenvalue weighted by molar-refractivity contribution is 0.0762. The first-order valence-corrected chi connectivity index (χ1v) is 8.67. The minimum absolute atomic E-state index is 0.165. The van der Waals surface area contributed by atoms with E-state index in [0.717, 1.165) is 12.8 Å². The summed E-state index contributed by atoms with van der Waals surface area (Å²) >= 11 is 0. The number of benzene rings is 1. The van der Waals surface area contributed by atoms with Crippen LogP contribution < -0.4 is 4.72 Å². The van der Waals surface area contributed by atoms with Crippen molar-refractivity contribution >= 4 is 10.0 Å². The zero-order chi connectivity index (χ0) is 15.9. The average Bonchev–Trinajstić information content (AvgIpc) is 2.42. The molecule has 0 saturated heterocycles. The third kappa shape index (κ3) is 5.74. The number of nitrogens with one attached hydrogen (secondary N) is 1. The van der Waals surface area contributed by atoms with Gasteiger partial charge in [0.15, 0.2) is 0 Å². The fourth-order valence-corrected chi connectivity index (χ4v) is 3.31. The molecule has 0 amide bonds. The van der Waals surface area contributed by atoms with Gasteiger partial charge in [-0.2, -0.15) is 0 Å². The Kier molecular flexibility index (Phi) is 7.31. The number of aliphatic hydroxyl groups excluding tert-OH is 1. The molecular weight excluding hydrogens is 290 g/mol. The van der Waals surface area contributed by atoms with Crippen molar-refractivity contribution < 1.29 is 18.3 Å². The van der Waals surface area contributed by atoms with Crippen LogP contribution in [0.5, 0.6) is 0 Å². The van der Waals surface area contributed by atoms with Gasteiger partial charge in [-0.3, -0.25) is 0 Å². The highest BCUT2D eigenvalue weighted by Gasteiger charge is 2.17. The Hall–Kier alpha value is -0.950. The van der Waals surface area contributed by atoms with Crippen LogP contribution in [0, 0.1) is 6.92 Å². The molecule has 0 radical (unpaired) electrons. The van der Waals surface area contributed by atoms with E-state index in [1.54, 1.807) is 25.1 Å². The van der Waals surface area contributed by atoms with Crippen LogP contribution in [0.25, 0.3) is 0 Å². The van der Waals surface area contributed by atoms with Gasteiger partial charge in [-0.05, 0) is 50.8 Å². The fraction of sp³-hybridized carbons (Fsp3) is 0.600. The summed E-state index contributed by atoms with van der Waals surface area (Å²) in [7, 11) is -3.53. The van der Waals surface area contributed by atoms with Crippen LogP contribution in [0.2, 0.25) is 0 Å². The van der Waals surface area contributed by atoms with E-state index in [2.05, 4.69) is 4.72 Å². The molecule has 2 N–H and O–H groups in total. The van der Waals surface area contributed by atoms with E-state index in [9.17, 15) is 13.5 Å². The van der Waals surface area contributed by atoms with Crippen molar-refractivity contribution in [1.82, 2.24) is 4.72 Å². The molecule has 21 heavy (non-hydrogen) atoms. The Morgan fingerprint density at radius 1 is 1.29 bits per heavy atom. The van der Waals surface area contributed by atoms with Gasteiger partial charge < -0.3 is 9.84 Å². The summed E-state index contributed by atoms with van der Waals surface area (Å²) in [6, 6.07) is 4.92. The van der Waals surface area contributed by atoms with Gasteiger partial charge in [0.1, 0.15) is 0 Å². The molecule has 1 aromatic rings. The normalized spacial score (nSPS) is 12.0. The van der Waals surface area contributed by atoms with Crippen molar-refractivity contribution in [2.24, 2.45) is 0 Å². The van der Waals surface area contributed by atoms with Crippen molar-refractivity contribution in [2.45, 2.75) is 51.2 Å². The van der Waals surface area contributed by atoms with Gasteiger partial charge in [0.05, 0.1) is 17.6 Å². The highest BCUT2D eigenvalue weighted by atomic mass is 32.2. The van der Waals surface area contributed by atoms with Crippen LogP contribution in [0.1, 0.15) is 37.8 Å². The van der Waals surface area contributed by atoms with Crippen molar-refractivity contribution in [1.29, 1.82) is 0 Å². The highest BCUT2D eigenvalue weighted by molar-refractivity contribution is 7.89. The zero-order valence-corrected chi connectivity index (χ0v) is 13.7. The summed E-state index contributed by atoms with van der Waals surface area (Å²) in [5.41, 5.74) is 1.22. The minimum atomic E-state index is -3.53.